The maximum Gasteiger partial charge on any atom is 0.226 e. The zero-order valence-corrected chi connectivity index (χ0v) is 6.92. The summed E-state index contributed by atoms with van der Waals surface area (Å²) in [6.07, 6.45) is 0. The van der Waals surface area contributed by atoms with Crippen molar-refractivity contribution in [3.8, 4) is 11.5 Å². The van der Waals surface area contributed by atoms with Gasteiger partial charge in [-0.15, -0.1) is 10.2 Å². The molecule has 0 saturated heterocycles. The van der Waals surface area contributed by atoms with Crippen LogP contribution >= 0.6 is 11.6 Å². The van der Waals surface area contributed by atoms with Crippen LogP contribution in [0.25, 0.3) is 11.5 Å². The number of aryl methyl sites for hydroxylation is 1. The van der Waals surface area contributed by atoms with Crippen LogP contribution < -0.4 is 0 Å². The second-order valence-corrected chi connectivity index (χ2v) is 2.62. The molecule has 0 amide bonds. The largest absolute Gasteiger partial charge is 0.281 e. The number of nitrogens with zero attached hydrogens (tertiary/aromatic N) is 4. The Kier molecular flexibility index (Phi) is 1.54. The number of nitrogens with one attached hydrogen (secondary N) is 2. The zero-order valence-electron chi connectivity index (χ0n) is 6.17. The minimum absolute atomic E-state index is 0.393. The zero-order chi connectivity index (χ0) is 8.55. The lowest BCUT2D eigenvalue weighted by Gasteiger charge is -1.85. The van der Waals surface area contributed by atoms with Gasteiger partial charge in [0.1, 0.15) is 0 Å². The van der Waals surface area contributed by atoms with Gasteiger partial charge in [0, 0.05) is 0 Å². The van der Waals surface area contributed by atoms with Crippen molar-refractivity contribution < 1.29 is 0 Å². The van der Waals surface area contributed by atoms with Crippen LogP contribution in [0, 0.1) is 6.92 Å². The number of halogens is 1. The van der Waals surface area contributed by atoms with Crippen LogP contribution in [-0.2, 0) is 0 Å². The Balaban J connectivity index is 2.55. The van der Waals surface area contributed by atoms with Gasteiger partial charge in [0.2, 0.25) is 5.82 Å². The summed E-state index contributed by atoms with van der Waals surface area (Å²) in [6, 6.07) is 0. The van der Waals surface area contributed by atoms with Crippen molar-refractivity contribution in [2.24, 2.45) is 0 Å². The van der Waals surface area contributed by atoms with Gasteiger partial charge in [-0.2, -0.15) is 10.3 Å². The van der Waals surface area contributed by atoms with Crippen LogP contribution in [0.2, 0.25) is 5.02 Å². The Morgan fingerprint density at radius 1 is 1.33 bits per heavy atom. The SMILES string of the molecule is Cc1[nH]nc(-c2nn[nH]n2)c1Cl. The molecule has 2 aromatic rings. The summed E-state index contributed by atoms with van der Waals surface area (Å²) >= 11 is 5.88. The van der Waals surface area contributed by atoms with E-state index in [1.165, 1.54) is 0 Å². The first-order valence-corrected chi connectivity index (χ1v) is 3.61. The molecule has 2 heterocycles. The van der Waals surface area contributed by atoms with Gasteiger partial charge in [-0.3, -0.25) is 5.10 Å². The van der Waals surface area contributed by atoms with Gasteiger partial charge in [0.05, 0.1) is 10.7 Å². The Labute approximate surface area is 72.3 Å². The summed E-state index contributed by atoms with van der Waals surface area (Å²) in [7, 11) is 0. The molecule has 6 nitrogen and oxygen atoms in total. The molecule has 0 aliphatic carbocycles. The normalized spacial score (nSPS) is 10.5. The molecule has 0 atom stereocenters. The minimum Gasteiger partial charge on any atom is -0.281 e. The van der Waals surface area contributed by atoms with Crippen molar-refractivity contribution in [2.75, 3.05) is 0 Å². The molecule has 0 aliphatic rings. The standard InChI is InChI=1S/C5H5ClN6/c1-2-3(6)4(8-7-2)5-9-11-12-10-5/h1H3,(H,7,8)(H,9,10,11,12). The first-order valence-electron chi connectivity index (χ1n) is 3.23. The maximum absolute atomic E-state index is 5.88. The van der Waals surface area contributed by atoms with Crippen LogP contribution in [0.3, 0.4) is 0 Å². The number of hydrogen-bond acceptors (Lipinski definition) is 4. The quantitative estimate of drug-likeness (QED) is 0.678. The van der Waals surface area contributed by atoms with E-state index >= 15 is 0 Å². The molecule has 0 spiro atoms. The topological polar surface area (TPSA) is 83.1 Å². The number of aromatic nitrogens is 6. The molecule has 0 aliphatic heterocycles. The molecule has 2 rings (SSSR count). The molecule has 0 bridgehead atoms. The Morgan fingerprint density at radius 2 is 2.17 bits per heavy atom. The Hall–Kier alpha value is -1.43. The lowest BCUT2D eigenvalue weighted by molar-refractivity contribution is 0.881. The van der Waals surface area contributed by atoms with Gasteiger partial charge in [-0.05, 0) is 12.1 Å². The van der Waals surface area contributed by atoms with Gasteiger partial charge < -0.3 is 0 Å². The molecule has 0 aromatic carbocycles. The van der Waals surface area contributed by atoms with Gasteiger partial charge in [0.15, 0.2) is 5.69 Å². The molecule has 0 fully saturated rings. The van der Waals surface area contributed by atoms with Crippen LogP contribution in [0.15, 0.2) is 0 Å². The average Bonchev–Trinajstić information content (AvgIpc) is 2.64. The van der Waals surface area contributed by atoms with Crippen molar-refractivity contribution in [3.05, 3.63) is 10.7 Å². The van der Waals surface area contributed by atoms with E-state index in [2.05, 4.69) is 30.8 Å². The van der Waals surface area contributed by atoms with E-state index in [0.29, 0.717) is 16.5 Å². The van der Waals surface area contributed by atoms with Gasteiger partial charge >= 0.3 is 0 Å². The van der Waals surface area contributed by atoms with Crippen LogP contribution in [-0.4, -0.2) is 30.8 Å². The summed E-state index contributed by atoms with van der Waals surface area (Å²) in [6.45, 7) is 1.82. The van der Waals surface area contributed by atoms with Crippen LogP contribution in [0.4, 0.5) is 0 Å². The first-order chi connectivity index (χ1) is 5.79. The third-order valence-electron chi connectivity index (χ3n) is 1.43. The van der Waals surface area contributed by atoms with Gasteiger partial charge in [-0.1, -0.05) is 11.6 Å². The molecule has 0 saturated carbocycles. The highest BCUT2D eigenvalue weighted by Crippen LogP contribution is 2.23. The average molecular weight is 185 g/mol. The lowest BCUT2D eigenvalue weighted by Crippen LogP contribution is -1.81. The summed E-state index contributed by atoms with van der Waals surface area (Å²) in [5.74, 6) is 0.393. The number of hydrogen-bond donors (Lipinski definition) is 2. The van der Waals surface area contributed by atoms with E-state index in [1.54, 1.807) is 0 Å². The minimum atomic E-state index is 0.393. The predicted octanol–water partition coefficient (Wildman–Crippen LogP) is 0.552. The predicted molar refractivity (Wildman–Crippen MR) is 41.5 cm³/mol. The fourth-order valence-corrected chi connectivity index (χ4v) is 0.995. The summed E-state index contributed by atoms with van der Waals surface area (Å²) in [5.41, 5.74) is 1.30. The Morgan fingerprint density at radius 3 is 2.67 bits per heavy atom. The summed E-state index contributed by atoms with van der Waals surface area (Å²) < 4.78 is 0. The van der Waals surface area contributed by atoms with Crippen molar-refractivity contribution in [3.63, 3.8) is 0 Å². The van der Waals surface area contributed by atoms with Crippen molar-refractivity contribution >= 4 is 11.6 Å². The summed E-state index contributed by atoms with van der Waals surface area (Å²) in [4.78, 5) is 0. The van der Waals surface area contributed by atoms with Crippen LogP contribution in [0.1, 0.15) is 5.69 Å². The van der Waals surface area contributed by atoms with Crippen LogP contribution in [0.5, 0.6) is 0 Å². The molecular formula is C5H5ClN6. The van der Waals surface area contributed by atoms with E-state index < -0.39 is 0 Å². The number of aromatic amines is 2. The fourth-order valence-electron chi connectivity index (χ4n) is 0.826. The molecule has 0 radical (unpaired) electrons. The van der Waals surface area contributed by atoms with E-state index in [-0.39, 0.29) is 0 Å². The third kappa shape index (κ3) is 0.964. The van der Waals surface area contributed by atoms with Crippen molar-refractivity contribution in [1.29, 1.82) is 0 Å². The van der Waals surface area contributed by atoms with E-state index in [0.717, 1.165) is 5.69 Å². The van der Waals surface area contributed by atoms with Crippen molar-refractivity contribution in [1.82, 2.24) is 30.8 Å². The smallest absolute Gasteiger partial charge is 0.226 e. The maximum atomic E-state index is 5.88. The van der Waals surface area contributed by atoms with E-state index in [1.807, 2.05) is 6.92 Å². The molecular weight excluding hydrogens is 180 g/mol. The number of rotatable bonds is 1. The second kappa shape index (κ2) is 2.56. The lowest BCUT2D eigenvalue weighted by atomic mass is 10.3. The molecule has 2 N–H and O–H groups in total. The Bertz CT molecular complexity index is 377. The fraction of sp³-hybridized carbons (Fsp3) is 0.200. The highest BCUT2D eigenvalue weighted by molar-refractivity contribution is 6.33. The van der Waals surface area contributed by atoms with Gasteiger partial charge in [-0.25, -0.2) is 0 Å². The number of tetrazole rings is 1. The third-order valence-corrected chi connectivity index (χ3v) is 1.89. The summed E-state index contributed by atoms with van der Waals surface area (Å²) in [5, 5.41) is 20.4. The second-order valence-electron chi connectivity index (χ2n) is 2.25. The molecule has 0 unspecified atom stereocenters. The van der Waals surface area contributed by atoms with Crippen molar-refractivity contribution in [2.45, 2.75) is 6.92 Å². The van der Waals surface area contributed by atoms with Gasteiger partial charge in [0.25, 0.3) is 0 Å². The van der Waals surface area contributed by atoms with E-state index in [4.69, 9.17) is 11.6 Å². The highest BCUT2D eigenvalue weighted by Gasteiger charge is 2.13. The van der Waals surface area contributed by atoms with E-state index in [9.17, 15) is 0 Å². The molecule has 7 heteroatoms. The number of H-pyrrole nitrogens is 2. The molecule has 12 heavy (non-hydrogen) atoms. The molecule has 62 valence electrons. The monoisotopic (exact) mass is 184 g/mol. The highest BCUT2D eigenvalue weighted by atomic mass is 35.5. The molecule has 2 aromatic heterocycles. The first kappa shape index (κ1) is 7.23.